The highest BCUT2D eigenvalue weighted by molar-refractivity contribution is 5.33. The first-order valence-electron chi connectivity index (χ1n) is 4.07. The van der Waals surface area contributed by atoms with E-state index in [9.17, 15) is 0 Å². The number of rotatable bonds is 3. The van der Waals surface area contributed by atoms with E-state index >= 15 is 0 Å². The van der Waals surface area contributed by atoms with Crippen LogP contribution in [-0.2, 0) is 6.42 Å². The van der Waals surface area contributed by atoms with Crippen LogP contribution in [0.4, 0.5) is 5.82 Å². The number of hydrogen-bond donors (Lipinski definition) is 2. The highest BCUT2D eigenvalue weighted by atomic mass is 15.3. The van der Waals surface area contributed by atoms with Gasteiger partial charge in [0.1, 0.15) is 11.6 Å². The van der Waals surface area contributed by atoms with Crippen molar-refractivity contribution < 1.29 is 0 Å². The number of aryl methyl sites for hydroxylation is 2. The Balaban J connectivity index is 2.90. The van der Waals surface area contributed by atoms with Gasteiger partial charge in [0.25, 0.3) is 0 Å². The van der Waals surface area contributed by atoms with Gasteiger partial charge in [-0.3, -0.25) is 0 Å². The Morgan fingerprint density at radius 3 is 2.83 bits per heavy atom. The van der Waals surface area contributed by atoms with E-state index in [0.717, 1.165) is 24.4 Å². The molecule has 0 saturated carbocycles. The lowest BCUT2D eigenvalue weighted by Crippen LogP contribution is -2.10. The lowest BCUT2D eigenvalue weighted by atomic mass is 10.3. The molecule has 66 valence electrons. The van der Waals surface area contributed by atoms with Crippen LogP contribution < -0.4 is 11.3 Å². The van der Waals surface area contributed by atoms with Crippen LogP contribution in [0, 0.1) is 6.92 Å². The number of nitrogen functional groups attached to an aromatic ring is 1. The Hall–Kier alpha value is -1.16. The van der Waals surface area contributed by atoms with E-state index in [1.54, 1.807) is 0 Å². The van der Waals surface area contributed by atoms with Gasteiger partial charge in [-0.15, -0.1) is 0 Å². The molecule has 1 heterocycles. The van der Waals surface area contributed by atoms with E-state index in [0.29, 0.717) is 5.82 Å². The molecule has 0 radical (unpaired) electrons. The normalized spacial score (nSPS) is 9.92. The molecule has 4 nitrogen and oxygen atoms in total. The van der Waals surface area contributed by atoms with E-state index in [1.807, 2.05) is 13.0 Å². The molecule has 0 saturated heterocycles. The summed E-state index contributed by atoms with van der Waals surface area (Å²) in [5.41, 5.74) is 3.46. The molecule has 0 aliphatic carbocycles. The van der Waals surface area contributed by atoms with Crippen LogP contribution in [0.2, 0.25) is 0 Å². The van der Waals surface area contributed by atoms with Gasteiger partial charge in [-0.1, -0.05) is 6.92 Å². The number of hydrogen-bond acceptors (Lipinski definition) is 4. The van der Waals surface area contributed by atoms with E-state index in [1.165, 1.54) is 0 Å². The minimum Gasteiger partial charge on any atom is -0.308 e. The van der Waals surface area contributed by atoms with Gasteiger partial charge in [0.05, 0.1) is 0 Å². The summed E-state index contributed by atoms with van der Waals surface area (Å²) in [6, 6.07) is 1.82. The van der Waals surface area contributed by atoms with Crippen LogP contribution in [-0.4, -0.2) is 9.97 Å². The lowest BCUT2D eigenvalue weighted by molar-refractivity contribution is 0.825. The number of hydrazine groups is 1. The molecule has 0 bridgehead atoms. The molecular weight excluding hydrogens is 152 g/mol. The first kappa shape index (κ1) is 8.93. The number of anilines is 1. The SMILES string of the molecule is CCCc1nc(C)cc(NN)n1. The highest BCUT2D eigenvalue weighted by Gasteiger charge is 1.98. The summed E-state index contributed by atoms with van der Waals surface area (Å²) >= 11 is 0. The van der Waals surface area contributed by atoms with Crippen LogP contribution in [0.25, 0.3) is 0 Å². The van der Waals surface area contributed by atoms with E-state index < -0.39 is 0 Å². The summed E-state index contributed by atoms with van der Waals surface area (Å²) in [5, 5.41) is 0. The maximum Gasteiger partial charge on any atom is 0.143 e. The van der Waals surface area contributed by atoms with E-state index in [-0.39, 0.29) is 0 Å². The number of nitrogens with two attached hydrogens (primary N) is 1. The average molecular weight is 166 g/mol. The van der Waals surface area contributed by atoms with Gasteiger partial charge in [0.15, 0.2) is 0 Å². The third-order valence-electron chi connectivity index (χ3n) is 1.52. The van der Waals surface area contributed by atoms with Gasteiger partial charge in [-0.25, -0.2) is 15.8 Å². The monoisotopic (exact) mass is 166 g/mol. The first-order chi connectivity index (χ1) is 5.76. The molecule has 1 aromatic rings. The van der Waals surface area contributed by atoms with Crippen molar-refractivity contribution in [1.29, 1.82) is 0 Å². The van der Waals surface area contributed by atoms with Crippen LogP contribution in [0.3, 0.4) is 0 Å². The van der Waals surface area contributed by atoms with Gasteiger partial charge < -0.3 is 5.43 Å². The summed E-state index contributed by atoms with van der Waals surface area (Å²) < 4.78 is 0. The van der Waals surface area contributed by atoms with Crippen LogP contribution in [0.5, 0.6) is 0 Å². The minimum atomic E-state index is 0.686. The number of nitrogens with zero attached hydrogens (tertiary/aromatic N) is 2. The predicted molar refractivity (Wildman–Crippen MR) is 48.6 cm³/mol. The lowest BCUT2D eigenvalue weighted by Gasteiger charge is -2.03. The smallest absolute Gasteiger partial charge is 0.143 e. The predicted octanol–water partition coefficient (Wildman–Crippen LogP) is 1.02. The standard InChI is InChI=1S/C8H14N4/c1-3-4-7-10-6(2)5-8(11-7)12-9/h5H,3-4,9H2,1-2H3,(H,10,11,12). The number of nitrogens with one attached hydrogen (secondary N) is 1. The van der Waals surface area contributed by atoms with Crippen molar-refractivity contribution in [2.75, 3.05) is 5.43 Å². The fourth-order valence-corrected chi connectivity index (χ4v) is 1.04. The second kappa shape index (κ2) is 4.01. The summed E-state index contributed by atoms with van der Waals surface area (Å²) in [6.45, 7) is 4.03. The molecule has 1 aromatic heterocycles. The second-order valence-corrected chi connectivity index (χ2v) is 2.71. The van der Waals surface area contributed by atoms with Crippen molar-refractivity contribution in [1.82, 2.24) is 9.97 Å². The van der Waals surface area contributed by atoms with Gasteiger partial charge in [0.2, 0.25) is 0 Å². The summed E-state index contributed by atoms with van der Waals surface area (Å²) in [5.74, 6) is 6.78. The Bertz CT molecular complexity index is 259. The van der Waals surface area contributed by atoms with Crippen LogP contribution in [0.15, 0.2) is 6.07 Å². The average Bonchev–Trinajstić information content (AvgIpc) is 2.04. The Morgan fingerprint density at radius 1 is 1.50 bits per heavy atom. The Morgan fingerprint density at radius 2 is 2.25 bits per heavy atom. The molecule has 0 aliphatic rings. The molecule has 0 amide bonds. The fourth-order valence-electron chi connectivity index (χ4n) is 1.04. The number of aromatic nitrogens is 2. The molecule has 3 N–H and O–H groups in total. The van der Waals surface area contributed by atoms with Crippen molar-refractivity contribution >= 4 is 5.82 Å². The molecule has 12 heavy (non-hydrogen) atoms. The largest absolute Gasteiger partial charge is 0.308 e. The van der Waals surface area contributed by atoms with E-state index in [4.69, 9.17) is 5.84 Å². The van der Waals surface area contributed by atoms with Gasteiger partial charge in [0, 0.05) is 18.2 Å². The topological polar surface area (TPSA) is 63.8 Å². The molecule has 0 atom stereocenters. The van der Waals surface area contributed by atoms with E-state index in [2.05, 4.69) is 22.3 Å². The quantitative estimate of drug-likeness (QED) is 0.520. The van der Waals surface area contributed by atoms with Gasteiger partial charge in [-0.05, 0) is 13.3 Å². The highest BCUT2D eigenvalue weighted by Crippen LogP contribution is 2.05. The second-order valence-electron chi connectivity index (χ2n) is 2.71. The fraction of sp³-hybridized carbons (Fsp3) is 0.500. The van der Waals surface area contributed by atoms with Gasteiger partial charge >= 0.3 is 0 Å². The Labute approximate surface area is 72.2 Å². The zero-order chi connectivity index (χ0) is 8.97. The maximum absolute atomic E-state index is 5.24. The molecule has 0 unspecified atom stereocenters. The molecule has 0 spiro atoms. The van der Waals surface area contributed by atoms with Crippen LogP contribution in [0.1, 0.15) is 24.9 Å². The molecule has 0 aromatic carbocycles. The first-order valence-corrected chi connectivity index (χ1v) is 4.07. The van der Waals surface area contributed by atoms with Crippen LogP contribution >= 0.6 is 0 Å². The molecule has 0 fully saturated rings. The molecule has 1 rings (SSSR count). The zero-order valence-electron chi connectivity index (χ0n) is 7.46. The van der Waals surface area contributed by atoms with Crippen molar-refractivity contribution in [3.63, 3.8) is 0 Å². The van der Waals surface area contributed by atoms with Gasteiger partial charge in [-0.2, -0.15) is 0 Å². The minimum absolute atomic E-state index is 0.686. The molecule has 4 heteroatoms. The molecular formula is C8H14N4. The summed E-state index contributed by atoms with van der Waals surface area (Å²) in [4.78, 5) is 8.46. The third kappa shape index (κ3) is 2.17. The van der Waals surface area contributed by atoms with Crippen molar-refractivity contribution in [2.24, 2.45) is 5.84 Å². The Kier molecular flexibility index (Phi) is 2.99. The van der Waals surface area contributed by atoms with Crippen molar-refractivity contribution in [3.05, 3.63) is 17.6 Å². The van der Waals surface area contributed by atoms with Crippen molar-refractivity contribution in [2.45, 2.75) is 26.7 Å². The van der Waals surface area contributed by atoms with Crippen molar-refractivity contribution in [3.8, 4) is 0 Å². The summed E-state index contributed by atoms with van der Waals surface area (Å²) in [6.07, 6.45) is 1.95. The third-order valence-corrected chi connectivity index (χ3v) is 1.52. The maximum atomic E-state index is 5.24. The zero-order valence-corrected chi connectivity index (χ0v) is 7.46. The molecule has 0 aliphatic heterocycles. The summed E-state index contributed by atoms with van der Waals surface area (Å²) in [7, 11) is 0.